The molecule has 2 heterocycles. The summed E-state index contributed by atoms with van der Waals surface area (Å²) < 4.78 is 27.9. The number of hydrogen-bond acceptors (Lipinski definition) is 5. The normalized spacial score (nSPS) is 22.4. The highest BCUT2D eigenvalue weighted by Crippen LogP contribution is 2.33. The average Bonchev–Trinajstić information content (AvgIpc) is 2.84. The van der Waals surface area contributed by atoms with Crippen molar-refractivity contribution in [2.24, 2.45) is 5.92 Å². The molecule has 8 nitrogen and oxygen atoms in total. The van der Waals surface area contributed by atoms with Crippen LogP contribution in [-0.4, -0.2) is 54.1 Å². The molecule has 4 rings (SSSR count). The van der Waals surface area contributed by atoms with Gasteiger partial charge in [-0.25, -0.2) is 8.42 Å². The monoisotopic (exact) mass is 457 g/mol. The second-order valence-electron chi connectivity index (χ2n) is 8.45. The zero-order valence-corrected chi connectivity index (χ0v) is 18.6. The first kappa shape index (κ1) is 22.4. The molecule has 9 heteroatoms. The maximum absolute atomic E-state index is 13.3. The summed E-state index contributed by atoms with van der Waals surface area (Å²) in [5, 5.41) is 11.1. The van der Waals surface area contributed by atoms with Crippen molar-refractivity contribution in [3.63, 3.8) is 0 Å². The molecule has 0 spiro atoms. The minimum absolute atomic E-state index is 0.00559. The largest absolute Gasteiger partial charge is 0.335 e. The van der Waals surface area contributed by atoms with Crippen molar-refractivity contribution in [2.75, 3.05) is 19.6 Å². The van der Waals surface area contributed by atoms with Crippen LogP contribution in [0.15, 0.2) is 59.5 Å². The third kappa shape index (κ3) is 4.54. The molecule has 0 aliphatic carbocycles. The molecule has 0 saturated carbocycles. The Morgan fingerprint density at radius 2 is 1.75 bits per heavy atom. The van der Waals surface area contributed by atoms with E-state index in [2.05, 4.69) is 0 Å². The summed E-state index contributed by atoms with van der Waals surface area (Å²) in [7, 11) is -3.85. The Kier molecular flexibility index (Phi) is 6.57. The number of nitrogens with zero attached hydrogens (tertiary/aromatic N) is 3. The lowest BCUT2D eigenvalue weighted by Crippen LogP contribution is -2.52. The summed E-state index contributed by atoms with van der Waals surface area (Å²) in [6.45, 7) is 1.36. The third-order valence-electron chi connectivity index (χ3n) is 6.46. The molecular weight excluding hydrogens is 430 g/mol. The zero-order chi connectivity index (χ0) is 22.7. The van der Waals surface area contributed by atoms with Crippen LogP contribution in [0.5, 0.6) is 0 Å². The number of nitro groups is 1. The van der Waals surface area contributed by atoms with E-state index in [0.717, 1.165) is 31.7 Å². The number of rotatable bonds is 5. The lowest BCUT2D eigenvalue weighted by molar-refractivity contribution is -0.385. The Morgan fingerprint density at radius 3 is 2.50 bits per heavy atom. The van der Waals surface area contributed by atoms with Gasteiger partial charge in [0.1, 0.15) is 0 Å². The van der Waals surface area contributed by atoms with Gasteiger partial charge in [0, 0.05) is 43.4 Å². The van der Waals surface area contributed by atoms with E-state index in [1.807, 2.05) is 35.2 Å². The lowest BCUT2D eigenvalue weighted by atomic mass is 9.85. The van der Waals surface area contributed by atoms with E-state index in [-0.39, 0.29) is 28.4 Å². The van der Waals surface area contributed by atoms with E-state index in [4.69, 9.17) is 0 Å². The van der Waals surface area contributed by atoms with Gasteiger partial charge in [-0.05, 0) is 56.2 Å². The molecule has 2 aromatic carbocycles. The first-order chi connectivity index (χ1) is 15.4. The van der Waals surface area contributed by atoms with E-state index in [1.54, 1.807) is 0 Å². The number of piperidine rings is 2. The number of likely N-dealkylation sites (tertiary alicyclic amines) is 1. The van der Waals surface area contributed by atoms with Crippen molar-refractivity contribution in [2.45, 2.75) is 43.0 Å². The van der Waals surface area contributed by atoms with Gasteiger partial charge in [0.05, 0.1) is 9.82 Å². The molecule has 2 aromatic rings. The van der Waals surface area contributed by atoms with E-state index in [1.165, 1.54) is 22.5 Å². The Balaban J connectivity index is 1.55. The number of benzene rings is 2. The molecule has 2 aliphatic heterocycles. The van der Waals surface area contributed by atoms with Crippen LogP contribution in [0.3, 0.4) is 0 Å². The summed E-state index contributed by atoms with van der Waals surface area (Å²) in [5.74, 6) is 0.0270. The molecule has 0 unspecified atom stereocenters. The molecule has 32 heavy (non-hydrogen) atoms. The molecule has 0 radical (unpaired) electrons. The topological polar surface area (TPSA) is 101 Å². The molecule has 170 valence electrons. The van der Waals surface area contributed by atoms with Gasteiger partial charge in [0.2, 0.25) is 10.0 Å². The quantitative estimate of drug-likeness (QED) is 0.503. The van der Waals surface area contributed by atoms with Crippen molar-refractivity contribution in [3.05, 3.63) is 70.3 Å². The molecule has 2 fully saturated rings. The highest BCUT2D eigenvalue weighted by Gasteiger charge is 2.38. The molecule has 2 saturated heterocycles. The highest BCUT2D eigenvalue weighted by molar-refractivity contribution is 7.89. The molecule has 0 bridgehead atoms. The molecule has 2 aliphatic rings. The zero-order valence-electron chi connectivity index (χ0n) is 17.8. The van der Waals surface area contributed by atoms with Crippen molar-refractivity contribution >= 4 is 21.6 Å². The number of amides is 1. The van der Waals surface area contributed by atoms with Crippen LogP contribution in [0, 0.1) is 16.0 Å². The van der Waals surface area contributed by atoms with Crippen LogP contribution >= 0.6 is 0 Å². The summed E-state index contributed by atoms with van der Waals surface area (Å²) in [5.41, 5.74) is 0.405. The first-order valence-corrected chi connectivity index (χ1v) is 12.4. The predicted molar refractivity (Wildman–Crippen MR) is 120 cm³/mol. The van der Waals surface area contributed by atoms with E-state index >= 15 is 0 Å². The second-order valence-corrected chi connectivity index (χ2v) is 10.4. The van der Waals surface area contributed by atoms with Gasteiger partial charge in [0.15, 0.2) is 0 Å². The van der Waals surface area contributed by atoms with Crippen molar-refractivity contribution in [3.8, 4) is 0 Å². The number of carbonyl (C=O) groups excluding carboxylic acids is 1. The SMILES string of the molecule is O=C(c1ccccc1)N1CCCC[C@@H]1[C@H]1CCCN(S(=O)(=O)c2cccc([N+](=O)[O-])c2)C1. The van der Waals surface area contributed by atoms with Crippen LogP contribution in [0.1, 0.15) is 42.5 Å². The molecule has 2 atom stereocenters. The number of non-ortho nitro benzene ring substituents is 1. The number of nitro benzene ring substituents is 1. The van der Waals surface area contributed by atoms with Gasteiger partial charge in [-0.1, -0.05) is 24.3 Å². The fourth-order valence-electron chi connectivity index (χ4n) is 4.86. The van der Waals surface area contributed by atoms with Crippen LogP contribution in [0.4, 0.5) is 5.69 Å². The Hall–Kier alpha value is -2.78. The minimum Gasteiger partial charge on any atom is -0.335 e. The number of carbonyl (C=O) groups is 1. The fraction of sp³-hybridized carbons (Fsp3) is 0.435. The average molecular weight is 458 g/mol. The predicted octanol–water partition coefficient (Wildman–Crippen LogP) is 3.69. The standard InChI is InChI=1S/C23H27N3O5S/c27-23(18-8-2-1-3-9-18)25-15-5-4-13-22(25)19-10-7-14-24(17-19)32(30,31)21-12-6-11-20(16-21)26(28)29/h1-3,6,8-9,11-12,16,19,22H,4-5,7,10,13-15,17H2/t19-,22+/m0/s1. The van der Waals surface area contributed by atoms with Crippen molar-refractivity contribution in [1.82, 2.24) is 9.21 Å². The summed E-state index contributed by atoms with van der Waals surface area (Å²) >= 11 is 0. The Labute approximate surface area is 188 Å². The third-order valence-corrected chi connectivity index (χ3v) is 8.32. The summed E-state index contributed by atoms with van der Waals surface area (Å²) in [6, 6.07) is 14.4. The molecule has 1 amide bonds. The maximum Gasteiger partial charge on any atom is 0.270 e. The minimum atomic E-state index is -3.85. The van der Waals surface area contributed by atoms with Crippen LogP contribution < -0.4 is 0 Å². The smallest absolute Gasteiger partial charge is 0.270 e. The van der Waals surface area contributed by atoms with Crippen LogP contribution in [0.25, 0.3) is 0 Å². The van der Waals surface area contributed by atoms with Crippen LogP contribution in [-0.2, 0) is 10.0 Å². The van der Waals surface area contributed by atoms with Crippen molar-refractivity contribution in [1.29, 1.82) is 0 Å². The van der Waals surface area contributed by atoms with Gasteiger partial charge in [-0.3, -0.25) is 14.9 Å². The maximum atomic E-state index is 13.3. The van der Waals surface area contributed by atoms with Crippen molar-refractivity contribution < 1.29 is 18.1 Å². The summed E-state index contributed by atoms with van der Waals surface area (Å²) in [6.07, 6.45) is 4.36. The van der Waals surface area contributed by atoms with Crippen LogP contribution in [0.2, 0.25) is 0 Å². The van der Waals surface area contributed by atoms with Gasteiger partial charge < -0.3 is 4.90 Å². The number of sulfonamides is 1. The van der Waals surface area contributed by atoms with Gasteiger partial charge in [-0.2, -0.15) is 4.31 Å². The Bertz CT molecular complexity index is 1090. The molecular formula is C23H27N3O5S. The Morgan fingerprint density at radius 1 is 0.969 bits per heavy atom. The number of hydrogen-bond donors (Lipinski definition) is 0. The molecule has 0 N–H and O–H groups in total. The van der Waals surface area contributed by atoms with E-state index < -0.39 is 14.9 Å². The van der Waals surface area contributed by atoms with Gasteiger partial charge >= 0.3 is 0 Å². The van der Waals surface area contributed by atoms with E-state index in [0.29, 0.717) is 31.6 Å². The van der Waals surface area contributed by atoms with Gasteiger partial charge in [-0.15, -0.1) is 0 Å². The molecule has 0 aromatic heterocycles. The van der Waals surface area contributed by atoms with Gasteiger partial charge in [0.25, 0.3) is 11.6 Å². The summed E-state index contributed by atoms with van der Waals surface area (Å²) in [4.78, 5) is 25.5. The van der Waals surface area contributed by atoms with E-state index in [9.17, 15) is 23.3 Å². The second kappa shape index (κ2) is 9.38. The highest BCUT2D eigenvalue weighted by atomic mass is 32.2. The first-order valence-electron chi connectivity index (χ1n) is 11.0. The lowest BCUT2D eigenvalue weighted by Gasteiger charge is -2.44. The fourth-order valence-corrected chi connectivity index (χ4v) is 6.43.